The fraction of sp³-hybridized carbons (Fsp3) is 0.214. The van der Waals surface area contributed by atoms with Crippen LogP contribution in [0.25, 0.3) is 0 Å². The molecule has 0 aliphatic carbocycles. The number of halogens is 1. The van der Waals surface area contributed by atoms with Gasteiger partial charge in [0.05, 0.1) is 6.54 Å². The number of benzene rings is 1. The molecule has 0 aliphatic rings. The van der Waals surface area contributed by atoms with Crippen molar-refractivity contribution < 1.29 is 9.21 Å². The first kappa shape index (κ1) is 12.7. The van der Waals surface area contributed by atoms with Gasteiger partial charge in [0.25, 0.3) is 0 Å². The zero-order valence-electron chi connectivity index (χ0n) is 10.3. The summed E-state index contributed by atoms with van der Waals surface area (Å²) < 4.78 is 5.52. The van der Waals surface area contributed by atoms with Crippen molar-refractivity contribution in [1.82, 2.24) is 0 Å². The molecule has 1 aromatic heterocycles. The normalized spacial score (nSPS) is 10.4. The molecule has 4 heteroatoms. The van der Waals surface area contributed by atoms with E-state index in [-0.39, 0.29) is 0 Å². The first-order valence-electron chi connectivity index (χ1n) is 5.61. The van der Waals surface area contributed by atoms with E-state index < -0.39 is 0 Å². The second-order valence-electron chi connectivity index (χ2n) is 4.19. The highest BCUT2D eigenvalue weighted by molar-refractivity contribution is 6.31. The van der Waals surface area contributed by atoms with Gasteiger partial charge in [0.15, 0.2) is 6.29 Å². The van der Waals surface area contributed by atoms with Crippen molar-refractivity contribution >= 4 is 23.6 Å². The average Bonchev–Trinajstić information content (AvgIpc) is 2.74. The highest BCUT2D eigenvalue weighted by Crippen LogP contribution is 2.24. The summed E-state index contributed by atoms with van der Waals surface area (Å²) >= 11 is 5.96. The monoisotopic (exact) mass is 263 g/mol. The predicted molar refractivity (Wildman–Crippen MR) is 72.4 cm³/mol. The lowest BCUT2D eigenvalue weighted by atomic mass is 10.2. The van der Waals surface area contributed by atoms with Gasteiger partial charge in [-0.25, -0.2) is 0 Å². The van der Waals surface area contributed by atoms with E-state index in [1.807, 2.05) is 31.0 Å². The van der Waals surface area contributed by atoms with Crippen LogP contribution >= 0.6 is 11.6 Å². The van der Waals surface area contributed by atoms with Gasteiger partial charge in [-0.1, -0.05) is 11.6 Å². The summed E-state index contributed by atoms with van der Waals surface area (Å²) in [5.41, 5.74) is 1.41. The summed E-state index contributed by atoms with van der Waals surface area (Å²) in [6.45, 7) is 2.49. The van der Waals surface area contributed by atoms with E-state index >= 15 is 0 Å². The maximum absolute atomic E-state index is 11.0. The maximum Gasteiger partial charge on any atom is 0.152 e. The van der Waals surface area contributed by atoms with E-state index in [0.717, 1.165) is 23.5 Å². The fourth-order valence-corrected chi connectivity index (χ4v) is 2.00. The molecule has 3 nitrogen and oxygen atoms in total. The molecular formula is C14H14ClNO2. The van der Waals surface area contributed by atoms with E-state index in [0.29, 0.717) is 17.1 Å². The average molecular weight is 264 g/mol. The van der Waals surface area contributed by atoms with Crippen LogP contribution in [-0.4, -0.2) is 13.3 Å². The van der Waals surface area contributed by atoms with Crippen LogP contribution in [0, 0.1) is 6.92 Å². The number of anilines is 1. The number of nitrogens with zero attached hydrogens (tertiary/aromatic N) is 1. The number of aryl methyl sites for hydroxylation is 1. The smallest absolute Gasteiger partial charge is 0.152 e. The minimum atomic E-state index is 0.592. The molecule has 0 saturated carbocycles. The number of furan rings is 1. The van der Waals surface area contributed by atoms with Crippen molar-refractivity contribution in [3.8, 4) is 0 Å². The lowest BCUT2D eigenvalue weighted by molar-refractivity contribution is 0.112. The molecule has 0 bridgehead atoms. The Bertz CT molecular complexity index is 563. The Kier molecular flexibility index (Phi) is 3.72. The van der Waals surface area contributed by atoms with Crippen molar-refractivity contribution in [1.29, 1.82) is 0 Å². The Morgan fingerprint density at radius 3 is 2.72 bits per heavy atom. The summed E-state index contributed by atoms with van der Waals surface area (Å²) in [6, 6.07) is 9.05. The van der Waals surface area contributed by atoms with Gasteiger partial charge in [0, 0.05) is 23.3 Å². The van der Waals surface area contributed by atoms with Gasteiger partial charge in [0.1, 0.15) is 11.5 Å². The van der Waals surface area contributed by atoms with Crippen LogP contribution < -0.4 is 4.90 Å². The Hall–Kier alpha value is -1.74. The van der Waals surface area contributed by atoms with Crippen molar-refractivity contribution in [3.05, 3.63) is 52.4 Å². The second kappa shape index (κ2) is 5.27. The van der Waals surface area contributed by atoms with Crippen LogP contribution in [0.15, 0.2) is 34.7 Å². The van der Waals surface area contributed by atoms with Crippen LogP contribution in [0.2, 0.25) is 5.02 Å². The number of aldehydes is 1. The molecule has 0 spiro atoms. The van der Waals surface area contributed by atoms with E-state index in [1.54, 1.807) is 18.2 Å². The number of rotatable bonds is 4. The molecule has 0 radical (unpaired) electrons. The third-order valence-corrected chi connectivity index (χ3v) is 2.95. The lowest BCUT2D eigenvalue weighted by Crippen LogP contribution is -2.17. The molecule has 0 fully saturated rings. The van der Waals surface area contributed by atoms with Crippen molar-refractivity contribution in [2.45, 2.75) is 13.5 Å². The Balaban J connectivity index is 2.25. The fourth-order valence-electron chi connectivity index (χ4n) is 1.84. The van der Waals surface area contributed by atoms with Crippen LogP contribution in [0.3, 0.4) is 0 Å². The molecule has 0 saturated heterocycles. The van der Waals surface area contributed by atoms with Gasteiger partial charge in [-0.2, -0.15) is 0 Å². The first-order valence-corrected chi connectivity index (χ1v) is 5.99. The minimum Gasteiger partial charge on any atom is -0.464 e. The van der Waals surface area contributed by atoms with Crippen LogP contribution in [0.5, 0.6) is 0 Å². The number of hydrogen-bond donors (Lipinski definition) is 0. The largest absolute Gasteiger partial charge is 0.464 e. The Morgan fingerprint density at radius 2 is 2.11 bits per heavy atom. The standard InChI is InChI=1S/C14H14ClNO2/c1-10-3-6-13(18-10)8-16(2)14-7-12(15)5-4-11(14)9-17/h3-7,9H,8H2,1-2H3. The van der Waals surface area contributed by atoms with Gasteiger partial charge in [0.2, 0.25) is 0 Å². The third kappa shape index (κ3) is 2.74. The van der Waals surface area contributed by atoms with Gasteiger partial charge in [-0.05, 0) is 37.3 Å². The number of carbonyl (C=O) groups excluding carboxylic acids is 1. The molecule has 94 valence electrons. The zero-order valence-corrected chi connectivity index (χ0v) is 11.1. The third-order valence-electron chi connectivity index (χ3n) is 2.72. The molecule has 0 aliphatic heterocycles. The van der Waals surface area contributed by atoms with Crippen LogP contribution in [-0.2, 0) is 6.54 Å². The summed E-state index contributed by atoms with van der Waals surface area (Å²) in [5.74, 6) is 1.73. The zero-order chi connectivity index (χ0) is 13.1. The molecule has 0 amide bonds. The Labute approximate surface area is 111 Å². The molecule has 0 unspecified atom stereocenters. The van der Waals surface area contributed by atoms with E-state index in [2.05, 4.69) is 0 Å². The summed E-state index contributed by atoms with van der Waals surface area (Å²) in [7, 11) is 1.90. The SMILES string of the molecule is Cc1ccc(CN(C)c2cc(Cl)ccc2C=O)o1. The molecule has 18 heavy (non-hydrogen) atoms. The molecule has 1 heterocycles. The minimum absolute atomic E-state index is 0.592. The second-order valence-corrected chi connectivity index (χ2v) is 4.63. The molecule has 0 atom stereocenters. The highest BCUT2D eigenvalue weighted by Gasteiger charge is 2.10. The summed E-state index contributed by atoms with van der Waals surface area (Å²) in [6.07, 6.45) is 0.829. The maximum atomic E-state index is 11.0. The number of hydrogen-bond acceptors (Lipinski definition) is 3. The van der Waals surface area contributed by atoms with Crippen molar-refractivity contribution in [3.63, 3.8) is 0 Å². The van der Waals surface area contributed by atoms with Gasteiger partial charge in [-0.3, -0.25) is 4.79 Å². The topological polar surface area (TPSA) is 33.5 Å². The van der Waals surface area contributed by atoms with Crippen LogP contribution in [0.1, 0.15) is 21.9 Å². The molecule has 2 rings (SSSR count). The molecule has 1 aromatic carbocycles. The lowest BCUT2D eigenvalue weighted by Gasteiger charge is -2.20. The van der Waals surface area contributed by atoms with E-state index in [4.69, 9.17) is 16.0 Å². The predicted octanol–water partition coefficient (Wildman–Crippen LogP) is 3.69. The summed E-state index contributed by atoms with van der Waals surface area (Å²) in [4.78, 5) is 12.9. The highest BCUT2D eigenvalue weighted by atomic mass is 35.5. The van der Waals surface area contributed by atoms with Crippen LogP contribution in [0.4, 0.5) is 5.69 Å². The van der Waals surface area contributed by atoms with E-state index in [1.165, 1.54) is 0 Å². The quantitative estimate of drug-likeness (QED) is 0.789. The number of carbonyl (C=O) groups is 1. The van der Waals surface area contributed by atoms with Crippen molar-refractivity contribution in [2.24, 2.45) is 0 Å². The molecular weight excluding hydrogens is 250 g/mol. The van der Waals surface area contributed by atoms with Crippen molar-refractivity contribution in [2.75, 3.05) is 11.9 Å². The van der Waals surface area contributed by atoms with E-state index in [9.17, 15) is 4.79 Å². The molecule has 2 aromatic rings. The first-order chi connectivity index (χ1) is 8.60. The van der Waals surface area contributed by atoms with Gasteiger partial charge >= 0.3 is 0 Å². The van der Waals surface area contributed by atoms with Gasteiger partial charge in [-0.15, -0.1) is 0 Å². The van der Waals surface area contributed by atoms with Gasteiger partial charge < -0.3 is 9.32 Å². The summed E-state index contributed by atoms with van der Waals surface area (Å²) in [5, 5.41) is 0.609. The molecule has 0 N–H and O–H groups in total. The Morgan fingerprint density at radius 1 is 1.33 bits per heavy atom.